The number of piperazine rings is 1. The van der Waals surface area contributed by atoms with Crippen molar-refractivity contribution >= 4 is 5.82 Å². The van der Waals surface area contributed by atoms with E-state index in [1.807, 2.05) is 4.90 Å². The van der Waals surface area contributed by atoms with Crippen LogP contribution in [0.5, 0.6) is 0 Å². The fourth-order valence-corrected chi connectivity index (χ4v) is 1.93. The molecule has 1 saturated heterocycles. The Labute approximate surface area is 89.3 Å². The van der Waals surface area contributed by atoms with Gasteiger partial charge in [-0.3, -0.25) is 0 Å². The molecule has 0 amide bonds. The number of anilines is 1. The number of pyridine rings is 1. The van der Waals surface area contributed by atoms with E-state index in [9.17, 15) is 4.39 Å². The summed E-state index contributed by atoms with van der Waals surface area (Å²) in [5, 5.41) is 3.39. The lowest BCUT2D eigenvalue weighted by molar-refractivity contribution is 0.349. The number of halogens is 1. The van der Waals surface area contributed by atoms with Gasteiger partial charge in [-0.1, -0.05) is 0 Å². The lowest BCUT2D eigenvalue weighted by Gasteiger charge is -2.39. The van der Waals surface area contributed by atoms with Crippen molar-refractivity contribution in [2.45, 2.75) is 19.4 Å². The number of aromatic nitrogens is 1. The van der Waals surface area contributed by atoms with Gasteiger partial charge < -0.3 is 10.2 Å². The molecule has 2 heterocycles. The highest BCUT2D eigenvalue weighted by molar-refractivity contribution is 5.41. The zero-order chi connectivity index (χ0) is 10.9. The van der Waals surface area contributed by atoms with Crippen LogP contribution in [0.2, 0.25) is 0 Å². The Hall–Kier alpha value is -1.16. The maximum absolute atomic E-state index is 13.5. The predicted octanol–water partition coefficient (Wildman–Crippen LogP) is 1.41. The Morgan fingerprint density at radius 1 is 1.53 bits per heavy atom. The van der Waals surface area contributed by atoms with Crippen LogP contribution in [0.1, 0.15) is 13.8 Å². The Kier molecular flexibility index (Phi) is 2.61. The first-order chi connectivity index (χ1) is 7.08. The topological polar surface area (TPSA) is 28.2 Å². The predicted molar refractivity (Wildman–Crippen MR) is 58.5 cm³/mol. The zero-order valence-corrected chi connectivity index (χ0v) is 9.13. The largest absolute Gasteiger partial charge is 0.351 e. The van der Waals surface area contributed by atoms with Crippen LogP contribution in [-0.4, -0.2) is 30.2 Å². The Morgan fingerprint density at radius 2 is 2.33 bits per heavy atom. The lowest BCUT2D eigenvalue weighted by Crippen LogP contribution is -2.57. The number of rotatable bonds is 1. The summed E-state index contributed by atoms with van der Waals surface area (Å²) < 4.78 is 13.5. The summed E-state index contributed by atoms with van der Waals surface area (Å²) in [5.74, 6) is 0.224. The molecular formula is C11H16FN3. The van der Waals surface area contributed by atoms with Gasteiger partial charge in [-0.25, -0.2) is 9.37 Å². The summed E-state index contributed by atoms with van der Waals surface area (Å²) in [6.07, 6.45) is 1.63. The van der Waals surface area contributed by atoms with Crippen molar-refractivity contribution < 1.29 is 4.39 Å². The van der Waals surface area contributed by atoms with E-state index in [0.717, 1.165) is 19.6 Å². The lowest BCUT2D eigenvalue weighted by atomic mass is 10.0. The van der Waals surface area contributed by atoms with Crippen LogP contribution >= 0.6 is 0 Å². The first-order valence-electron chi connectivity index (χ1n) is 5.19. The van der Waals surface area contributed by atoms with Crippen molar-refractivity contribution in [3.63, 3.8) is 0 Å². The van der Waals surface area contributed by atoms with Crippen molar-refractivity contribution in [1.29, 1.82) is 0 Å². The second-order valence-corrected chi connectivity index (χ2v) is 4.54. The van der Waals surface area contributed by atoms with Crippen LogP contribution < -0.4 is 10.2 Å². The van der Waals surface area contributed by atoms with Gasteiger partial charge in [0.2, 0.25) is 0 Å². The summed E-state index contributed by atoms with van der Waals surface area (Å²) in [6, 6.07) is 3.07. The number of nitrogens with zero attached hydrogens (tertiary/aromatic N) is 2. The van der Waals surface area contributed by atoms with Gasteiger partial charge in [0.25, 0.3) is 0 Å². The van der Waals surface area contributed by atoms with Crippen molar-refractivity contribution in [3.05, 3.63) is 24.1 Å². The van der Waals surface area contributed by atoms with Gasteiger partial charge in [-0.2, -0.15) is 0 Å². The summed E-state index contributed by atoms with van der Waals surface area (Å²) >= 11 is 0. The molecule has 1 fully saturated rings. The Morgan fingerprint density at radius 3 is 3.00 bits per heavy atom. The smallest absolute Gasteiger partial charge is 0.165 e. The average molecular weight is 209 g/mol. The summed E-state index contributed by atoms with van der Waals surface area (Å²) in [7, 11) is 0. The van der Waals surface area contributed by atoms with Crippen molar-refractivity contribution in [2.24, 2.45) is 0 Å². The molecule has 0 saturated carbocycles. The van der Waals surface area contributed by atoms with E-state index < -0.39 is 0 Å². The summed E-state index contributed by atoms with van der Waals surface area (Å²) in [4.78, 5) is 6.08. The minimum atomic E-state index is -0.241. The molecule has 0 bridgehead atoms. The van der Waals surface area contributed by atoms with Gasteiger partial charge in [-0.15, -0.1) is 0 Å². The average Bonchev–Trinajstić information content (AvgIpc) is 2.17. The maximum atomic E-state index is 13.5. The molecule has 1 aromatic heterocycles. The third kappa shape index (κ3) is 2.26. The van der Waals surface area contributed by atoms with Crippen LogP contribution in [0.3, 0.4) is 0 Å². The second kappa shape index (κ2) is 3.77. The highest BCUT2D eigenvalue weighted by Gasteiger charge is 2.27. The fourth-order valence-electron chi connectivity index (χ4n) is 1.93. The molecule has 4 heteroatoms. The monoisotopic (exact) mass is 209 g/mol. The van der Waals surface area contributed by atoms with E-state index in [0.29, 0.717) is 5.82 Å². The van der Waals surface area contributed by atoms with Crippen LogP contribution in [0, 0.1) is 5.82 Å². The molecule has 0 unspecified atom stereocenters. The van der Waals surface area contributed by atoms with Gasteiger partial charge >= 0.3 is 0 Å². The normalized spacial score (nSPS) is 20.3. The second-order valence-electron chi connectivity index (χ2n) is 4.54. The quantitative estimate of drug-likeness (QED) is 0.758. The molecule has 82 valence electrons. The van der Waals surface area contributed by atoms with Crippen LogP contribution in [0.25, 0.3) is 0 Å². The van der Waals surface area contributed by atoms with E-state index in [1.165, 1.54) is 6.07 Å². The van der Waals surface area contributed by atoms with Crippen molar-refractivity contribution in [1.82, 2.24) is 10.3 Å². The highest BCUT2D eigenvalue weighted by Crippen LogP contribution is 2.19. The van der Waals surface area contributed by atoms with E-state index in [-0.39, 0.29) is 11.4 Å². The van der Waals surface area contributed by atoms with E-state index in [2.05, 4.69) is 24.1 Å². The third-order valence-electron chi connectivity index (χ3n) is 2.61. The number of hydrogen-bond acceptors (Lipinski definition) is 3. The molecular weight excluding hydrogens is 193 g/mol. The van der Waals surface area contributed by atoms with Crippen LogP contribution in [-0.2, 0) is 0 Å². The molecule has 1 aromatic rings. The Bertz CT molecular complexity index is 351. The van der Waals surface area contributed by atoms with Crippen molar-refractivity contribution in [3.8, 4) is 0 Å². The molecule has 15 heavy (non-hydrogen) atoms. The molecule has 1 N–H and O–H groups in total. The molecule has 2 rings (SSSR count). The molecule has 1 aliphatic heterocycles. The molecule has 0 aromatic carbocycles. The zero-order valence-electron chi connectivity index (χ0n) is 9.13. The van der Waals surface area contributed by atoms with Gasteiger partial charge in [0.1, 0.15) is 0 Å². The van der Waals surface area contributed by atoms with E-state index in [1.54, 1.807) is 12.3 Å². The molecule has 0 radical (unpaired) electrons. The standard InChI is InChI=1S/C11H16FN3/c1-11(2)8-15(7-6-14-11)10-9(12)4-3-5-13-10/h3-5,14H,6-8H2,1-2H3. The highest BCUT2D eigenvalue weighted by atomic mass is 19.1. The molecule has 0 aliphatic carbocycles. The molecule has 1 aliphatic rings. The van der Waals surface area contributed by atoms with Crippen molar-refractivity contribution in [2.75, 3.05) is 24.5 Å². The van der Waals surface area contributed by atoms with Crippen LogP contribution in [0.15, 0.2) is 18.3 Å². The van der Waals surface area contributed by atoms with E-state index >= 15 is 0 Å². The third-order valence-corrected chi connectivity index (χ3v) is 2.61. The number of nitrogens with one attached hydrogen (secondary N) is 1. The first-order valence-corrected chi connectivity index (χ1v) is 5.19. The molecule has 3 nitrogen and oxygen atoms in total. The summed E-state index contributed by atoms with van der Waals surface area (Å²) in [5.41, 5.74) is 0.0161. The summed E-state index contributed by atoms with van der Waals surface area (Å²) in [6.45, 7) is 6.67. The minimum Gasteiger partial charge on any atom is -0.351 e. The fraction of sp³-hybridized carbons (Fsp3) is 0.545. The van der Waals surface area contributed by atoms with Gasteiger partial charge in [-0.05, 0) is 26.0 Å². The Balaban J connectivity index is 2.21. The van der Waals surface area contributed by atoms with Gasteiger partial charge in [0.15, 0.2) is 11.6 Å². The first kappa shape index (κ1) is 10.4. The van der Waals surface area contributed by atoms with E-state index in [4.69, 9.17) is 0 Å². The SMILES string of the molecule is CC1(C)CN(c2ncccc2F)CCN1. The number of hydrogen-bond donors (Lipinski definition) is 1. The minimum absolute atomic E-state index is 0.0161. The van der Waals surface area contributed by atoms with Gasteiger partial charge in [0.05, 0.1) is 0 Å². The van der Waals surface area contributed by atoms with Gasteiger partial charge in [0, 0.05) is 31.4 Å². The maximum Gasteiger partial charge on any atom is 0.165 e. The van der Waals surface area contributed by atoms with Crippen LogP contribution in [0.4, 0.5) is 10.2 Å². The molecule has 0 spiro atoms. The molecule has 0 atom stereocenters.